The Labute approximate surface area is 209 Å². The number of nitrogens with zero attached hydrogens (tertiary/aromatic N) is 3. The molecule has 0 aromatic carbocycles. The first-order valence-electron chi connectivity index (χ1n) is 13.9. The van der Waals surface area contributed by atoms with Crippen LogP contribution in [0.5, 0.6) is 0 Å². The van der Waals surface area contributed by atoms with E-state index < -0.39 is 0 Å². The summed E-state index contributed by atoms with van der Waals surface area (Å²) in [5.41, 5.74) is 11.5. The van der Waals surface area contributed by atoms with Gasteiger partial charge in [0.25, 0.3) is 0 Å². The van der Waals surface area contributed by atoms with E-state index in [0.717, 1.165) is 104 Å². The Bertz CT molecular complexity index is 794. The van der Waals surface area contributed by atoms with Crippen LogP contribution >= 0.6 is 0 Å². The lowest BCUT2D eigenvalue weighted by molar-refractivity contribution is -0.136. The summed E-state index contributed by atoms with van der Waals surface area (Å²) in [6.07, 6.45) is 8.64. The van der Waals surface area contributed by atoms with E-state index in [9.17, 15) is 9.59 Å². The van der Waals surface area contributed by atoms with Gasteiger partial charge in [0, 0.05) is 56.6 Å². The zero-order chi connectivity index (χ0) is 24.5. The number of primary amides is 1. The highest BCUT2D eigenvalue weighted by molar-refractivity contribution is 5.83. The summed E-state index contributed by atoms with van der Waals surface area (Å²) < 4.78 is 5.52. The summed E-state index contributed by atoms with van der Waals surface area (Å²) >= 11 is 0. The Kier molecular flexibility index (Phi) is 7.65. The predicted octanol–water partition coefficient (Wildman–Crippen LogP) is 1.01. The van der Waals surface area contributed by atoms with Crippen LogP contribution in [0, 0.1) is 29.1 Å². The minimum atomic E-state index is -0.168. The maximum atomic E-state index is 13.9. The molecular formula is C26H44N6O3. The molecule has 5 aliphatic rings. The fourth-order valence-corrected chi connectivity index (χ4v) is 7.65. The van der Waals surface area contributed by atoms with Gasteiger partial charge >= 0.3 is 0 Å². The van der Waals surface area contributed by atoms with E-state index in [2.05, 4.69) is 14.7 Å². The van der Waals surface area contributed by atoms with Crippen LogP contribution < -0.4 is 11.5 Å². The van der Waals surface area contributed by atoms with Gasteiger partial charge in [-0.2, -0.15) is 0 Å². The van der Waals surface area contributed by atoms with Crippen LogP contribution in [0.15, 0.2) is 0 Å². The van der Waals surface area contributed by atoms with Crippen LogP contribution in [0.4, 0.5) is 0 Å². The number of morpholine rings is 1. The van der Waals surface area contributed by atoms with Crippen molar-refractivity contribution in [3.8, 4) is 0 Å². The van der Waals surface area contributed by atoms with Crippen molar-refractivity contribution in [2.75, 3.05) is 45.9 Å². The van der Waals surface area contributed by atoms with Crippen molar-refractivity contribution in [3.63, 3.8) is 0 Å². The van der Waals surface area contributed by atoms with Gasteiger partial charge in [0.05, 0.1) is 25.1 Å². The van der Waals surface area contributed by atoms with E-state index in [1.165, 1.54) is 0 Å². The largest absolute Gasteiger partial charge is 0.387 e. The minimum absolute atomic E-state index is 0.00787. The third-order valence-electron chi connectivity index (χ3n) is 9.79. The Morgan fingerprint density at radius 2 is 1.60 bits per heavy atom. The number of nitrogens with two attached hydrogens (primary N) is 2. The maximum absolute atomic E-state index is 13.9. The summed E-state index contributed by atoms with van der Waals surface area (Å²) in [6, 6.07) is 0.720. The van der Waals surface area contributed by atoms with Gasteiger partial charge < -0.3 is 21.1 Å². The fraction of sp³-hybridized carbons (Fsp3) is 0.885. The highest BCUT2D eigenvalue weighted by Gasteiger charge is 2.49. The van der Waals surface area contributed by atoms with Gasteiger partial charge in [-0.25, -0.2) is 0 Å². The van der Waals surface area contributed by atoms with Crippen molar-refractivity contribution >= 4 is 17.6 Å². The summed E-state index contributed by atoms with van der Waals surface area (Å²) in [6.45, 7) is 6.10. The second kappa shape index (κ2) is 10.7. The first-order chi connectivity index (χ1) is 16.9. The van der Waals surface area contributed by atoms with E-state index in [-0.39, 0.29) is 23.8 Å². The van der Waals surface area contributed by atoms with Gasteiger partial charge in [0.15, 0.2) is 0 Å². The van der Waals surface area contributed by atoms with Crippen molar-refractivity contribution < 1.29 is 14.3 Å². The molecule has 4 unspecified atom stereocenters. The summed E-state index contributed by atoms with van der Waals surface area (Å²) in [7, 11) is 0. The quantitative estimate of drug-likeness (QED) is 0.378. The maximum Gasteiger partial charge on any atom is 0.240 e. The number of carbonyl (C=O) groups excluding carboxylic acids is 2. The molecule has 2 saturated carbocycles. The Morgan fingerprint density at radius 1 is 0.886 bits per heavy atom. The third kappa shape index (κ3) is 5.37. The molecule has 2 amide bonds. The topological polar surface area (TPSA) is 129 Å². The van der Waals surface area contributed by atoms with Gasteiger partial charge in [-0.3, -0.25) is 24.8 Å². The van der Waals surface area contributed by atoms with Crippen LogP contribution in [0.25, 0.3) is 0 Å². The second-order valence-electron chi connectivity index (χ2n) is 11.7. The molecule has 3 saturated heterocycles. The van der Waals surface area contributed by atoms with Crippen molar-refractivity contribution in [1.82, 2.24) is 14.7 Å². The van der Waals surface area contributed by atoms with Gasteiger partial charge in [-0.1, -0.05) is 0 Å². The standard InChI is InChI=1S/C26H44N6O3/c27-24(28)20-6-5-19-13-23(26(34)31-8-7-21(16-31)30-9-11-35-12-10-30)32(22(19)14-20)15-17-1-3-18(4-2-17)25(29)33/h17-23H,1-16H2,(H3,27,28)(H2,29,33)/t17?,18?,19?,20?,21-,22?,23?/m1/s1. The molecule has 0 aromatic heterocycles. The molecule has 2 aliphatic carbocycles. The van der Waals surface area contributed by atoms with Gasteiger partial charge in [-0.05, 0) is 69.6 Å². The normalized spacial score (nSPS) is 38.9. The monoisotopic (exact) mass is 488 g/mol. The molecule has 0 radical (unpaired) electrons. The zero-order valence-electron chi connectivity index (χ0n) is 21.1. The van der Waals surface area contributed by atoms with Gasteiger partial charge in [0.2, 0.25) is 11.8 Å². The lowest BCUT2D eigenvalue weighted by Gasteiger charge is -2.40. The van der Waals surface area contributed by atoms with Gasteiger partial charge in [-0.15, -0.1) is 0 Å². The lowest BCUT2D eigenvalue weighted by Crippen LogP contribution is -2.51. The molecule has 5 fully saturated rings. The first kappa shape index (κ1) is 25.0. The number of likely N-dealkylation sites (tertiary alicyclic amines) is 2. The highest BCUT2D eigenvalue weighted by Crippen LogP contribution is 2.44. The average Bonchev–Trinajstić information content (AvgIpc) is 3.50. The van der Waals surface area contributed by atoms with E-state index in [1.54, 1.807) is 0 Å². The molecule has 0 bridgehead atoms. The third-order valence-corrected chi connectivity index (χ3v) is 9.79. The number of nitrogens with one attached hydrogen (secondary N) is 1. The van der Waals surface area contributed by atoms with Crippen LogP contribution in [-0.4, -0.2) is 96.4 Å². The average molecular weight is 489 g/mol. The fourth-order valence-electron chi connectivity index (χ4n) is 7.65. The summed E-state index contributed by atoms with van der Waals surface area (Å²) in [5, 5.41) is 8.04. The van der Waals surface area contributed by atoms with E-state index in [0.29, 0.717) is 35.7 Å². The molecule has 0 spiro atoms. The highest BCUT2D eigenvalue weighted by atomic mass is 16.5. The van der Waals surface area contributed by atoms with Gasteiger partial charge in [0.1, 0.15) is 0 Å². The van der Waals surface area contributed by atoms with Crippen molar-refractivity contribution in [2.24, 2.45) is 35.1 Å². The van der Waals surface area contributed by atoms with E-state index in [1.807, 2.05) is 0 Å². The molecule has 5 atom stereocenters. The molecule has 5 rings (SSSR count). The number of ether oxygens (including phenoxy) is 1. The van der Waals surface area contributed by atoms with Crippen LogP contribution in [0.2, 0.25) is 0 Å². The number of hydrogen-bond acceptors (Lipinski definition) is 6. The van der Waals surface area contributed by atoms with Crippen molar-refractivity contribution in [3.05, 3.63) is 0 Å². The Morgan fingerprint density at radius 3 is 2.29 bits per heavy atom. The number of fused-ring (bicyclic) bond motifs is 1. The number of hydrogen-bond donors (Lipinski definition) is 3. The second-order valence-corrected chi connectivity index (χ2v) is 11.7. The molecular weight excluding hydrogens is 444 g/mol. The molecule has 0 aromatic rings. The minimum Gasteiger partial charge on any atom is -0.387 e. The van der Waals surface area contributed by atoms with Crippen molar-refractivity contribution in [1.29, 1.82) is 5.41 Å². The number of carbonyl (C=O) groups is 2. The van der Waals surface area contributed by atoms with E-state index in [4.69, 9.17) is 21.6 Å². The summed E-state index contributed by atoms with van der Waals surface area (Å²) in [4.78, 5) is 32.7. The molecule has 3 heterocycles. The smallest absolute Gasteiger partial charge is 0.240 e. The van der Waals surface area contributed by atoms with Crippen LogP contribution in [0.3, 0.4) is 0 Å². The SMILES string of the molecule is N=C(N)C1CCC2CC(C(=O)N3CC[C@@H](N4CCOCC4)C3)N(CC3CCC(C(N)=O)CC3)C2C1. The number of amides is 2. The summed E-state index contributed by atoms with van der Waals surface area (Å²) in [5.74, 6) is 1.59. The first-order valence-corrected chi connectivity index (χ1v) is 13.9. The predicted molar refractivity (Wildman–Crippen MR) is 134 cm³/mol. The molecule has 9 nitrogen and oxygen atoms in total. The molecule has 35 heavy (non-hydrogen) atoms. The Hall–Kier alpha value is -1.71. The molecule has 196 valence electrons. The molecule has 5 N–H and O–H groups in total. The van der Waals surface area contributed by atoms with Crippen molar-refractivity contribution in [2.45, 2.75) is 75.9 Å². The Balaban J connectivity index is 1.27. The van der Waals surface area contributed by atoms with Crippen LogP contribution in [0.1, 0.15) is 57.8 Å². The molecule has 9 heteroatoms. The van der Waals surface area contributed by atoms with Crippen LogP contribution in [-0.2, 0) is 14.3 Å². The lowest BCUT2D eigenvalue weighted by atomic mass is 9.77. The zero-order valence-corrected chi connectivity index (χ0v) is 21.1. The number of rotatable bonds is 6. The molecule has 3 aliphatic heterocycles. The van der Waals surface area contributed by atoms with E-state index >= 15 is 0 Å². The number of amidine groups is 1.